The Hall–Kier alpha value is 0.354. The minimum atomic E-state index is -1.02. The van der Waals surface area contributed by atoms with Gasteiger partial charge in [-0.25, -0.2) is 0 Å². The van der Waals surface area contributed by atoms with Gasteiger partial charge in [-0.2, -0.15) is 0 Å². The molecule has 0 aliphatic carbocycles. The van der Waals surface area contributed by atoms with E-state index in [0.717, 1.165) is 9.76 Å². The van der Waals surface area contributed by atoms with Crippen molar-refractivity contribution in [2.75, 3.05) is 14.2 Å². The molecule has 0 rings (SSSR count). The summed E-state index contributed by atoms with van der Waals surface area (Å²) < 4.78 is 9.76. The van der Waals surface area contributed by atoms with Crippen LogP contribution in [-0.2, 0) is 8.85 Å². The highest BCUT2D eigenvalue weighted by atomic mass is 29.2. The molecule has 0 atom stereocenters. The fraction of sp³-hybridized carbons (Fsp3) is 1.00. The van der Waals surface area contributed by atoms with Crippen molar-refractivity contribution in [2.45, 2.75) is 0 Å². The molecule has 38 valence electrons. The van der Waals surface area contributed by atoms with Crippen molar-refractivity contribution in [1.29, 1.82) is 0 Å². The summed E-state index contributed by atoms with van der Waals surface area (Å²) in [6.07, 6.45) is 0. The highest BCUT2D eigenvalue weighted by Crippen LogP contribution is 1.71. The van der Waals surface area contributed by atoms with Gasteiger partial charge in [-0.1, -0.05) is 0 Å². The Bertz CT molecular complexity index is 28.7. The van der Waals surface area contributed by atoms with Crippen LogP contribution >= 0.6 is 0 Å². The Kier molecular flexibility index (Phi) is 3.75. The third-order valence-electron chi connectivity index (χ3n) is 0.664. The van der Waals surface area contributed by atoms with Crippen molar-refractivity contribution in [1.82, 2.24) is 0 Å². The van der Waals surface area contributed by atoms with Crippen LogP contribution in [0.2, 0.25) is 0 Å². The summed E-state index contributed by atoms with van der Waals surface area (Å²) in [5, 5.41) is 0. The molecule has 0 N–H and O–H groups in total. The van der Waals surface area contributed by atoms with E-state index in [1.165, 1.54) is 0 Å². The van der Waals surface area contributed by atoms with Crippen LogP contribution in [0.3, 0.4) is 0 Å². The average Bonchev–Trinajstić information content (AvgIpc) is 1.65. The van der Waals surface area contributed by atoms with Crippen molar-refractivity contribution in [3.05, 3.63) is 0 Å². The van der Waals surface area contributed by atoms with E-state index < -0.39 is 8.80 Å². The van der Waals surface area contributed by atoms with Crippen LogP contribution in [-0.4, -0.2) is 32.8 Å². The fourth-order valence-corrected chi connectivity index (χ4v) is 0.289. The summed E-state index contributed by atoms with van der Waals surface area (Å²) in [7, 11) is 3.47. The molecule has 0 fully saturated rings. The Labute approximate surface area is 42.5 Å². The monoisotopic (exact) mass is 122 g/mol. The van der Waals surface area contributed by atoms with Crippen LogP contribution in [0.5, 0.6) is 0 Å². The first-order chi connectivity index (χ1) is 2.81. The molecule has 0 heterocycles. The molecular weight excluding hydrogens is 112 g/mol. The maximum atomic E-state index is 4.88. The smallest absolute Gasteiger partial charge is 0.288 e. The maximum absolute atomic E-state index is 4.88. The van der Waals surface area contributed by atoms with E-state index >= 15 is 0 Å². The first-order valence-electron chi connectivity index (χ1n) is 1.87. The van der Waals surface area contributed by atoms with Crippen LogP contribution in [0.1, 0.15) is 0 Å². The van der Waals surface area contributed by atoms with Gasteiger partial charge in [-0.3, -0.25) is 0 Å². The van der Waals surface area contributed by atoms with Gasteiger partial charge in [0.15, 0.2) is 0 Å². The second-order valence-corrected chi connectivity index (χ2v) is 5.95. The third-order valence-corrected chi connectivity index (χ3v) is 4.82. The Morgan fingerprint density at radius 1 is 1.33 bits per heavy atom. The van der Waals surface area contributed by atoms with Gasteiger partial charge in [0.05, 0.1) is 9.76 Å². The van der Waals surface area contributed by atoms with Gasteiger partial charge in [-0.15, -0.1) is 0 Å². The van der Waals surface area contributed by atoms with Crippen molar-refractivity contribution in [2.24, 2.45) is 0 Å². The fourth-order valence-electron chi connectivity index (χ4n) is 0.0962. The number of hydrogen-bond donors (Lipinski definition) is 0. The average molecular weight is 122 g/mol. The van der Waals surface area contributed by atoms with Gasteiger partial charge < -0.3 is 8.85 Å². The van der Waals surface area contributed by atoms with Crippen LogP contribution in [0.25, 0.3) is 0 Å². The molecule has 2 nitrogen and oxygen atoms in total. The molecule has 0 bridgehead atoms. The quantitative estimate of drug-likeness (QED) is 0.409. The topological polar surface area (TPSA) is 18.5 Å². The number of rotatable bonds is 2. The summed E-state index contributed by atoms with van der Waals surface area (Å²) in [6, 6.07) is 0. The molecule has 0 amide bonds. The zero-order valence-electron chi connectivity index (χ0n) is 4.39. The highest BCUT2D eigenvalue weighted by Gasteiger charge is 1.93. The summed E-state index contributed by atoms with van der Waals surface area (Å²) in [4.78, 5) is 0. The number of hydrogen-bond acceptors (Lipinski definition) is 2. The summed E-state index contributed by atoms with van der Waals surface area (Å²) in [5.74, 6) is 0. The Balaban J connectivity index is 2.75. The van der Waals surface area contributed by atoms with Gasteiger partial charge in [0.1, 0.15) is 0 Å². The van der Waals surface area contributed by atoms with E-state index in [2.05, 4.69) is 0 Å². The second-order valence-electron chi connectivity index (χ2n) is 1.04. The SMILES string of the molecule is CO[SiH]([SiH3])OC. The molecule has 0 aliphatic heterocycles. The molecular formula is C2H10O2Si2. The predicted octanol–water partition coefficient (Wildman–Crippen LogP) is -1.64. The molecule has 0 radical (unpaired) electrons. The molecule has 0 aromatic heterocycles. The van der Waals surface area contributed by atoms with Crippen molar-refractivity contribution in [3.8, 4) is 0 Å². The Morgan fingerprint density at radius 3 is 1.67 bits per heavy atom. The summed E-state index contributed by atoms with van der Waals surface area (Å²) in [5.41, 5.74) is 0. The Morgan fingerprint density at radius 2 is 1.67 bits per heavy atom. The van der Waals surface area contributed by atoms with Crippen LogP contribution < -0.4 is 0 Å². The van der Waals surface area contributed by atoms with Crippen molar-refractivity contribution >= 4 is 18.6 Å². The normalized spacial score (nSPS) is 10.5. The van der Waals surface area contributed by atoms with Gasteiger partial charge in [0.25, 0.3) is 8.80 Å². The molecule has 6 heavy (non-hydrogen) atoms. The van der Waals surface area contributed by atoms with Gasteiger partial charge >= 0.3 is 0 Å². The standard InChI is InChI=1S/C2H10O2Si2/c1-3-6(5)4-2/h6H,1-2,5H3. The second kappa shape index (κ2) is 3.54. The molecule has 0 saturated carbocycles. The molecule has 0 spiro atoms. The molecule has 0 unspecified atom stereocenters. The van der Waals surface area contributed by atoms with Gasteiger partial charge in [-0.05, 0) is 0 Å². The van der Waals surface area contributed by atoms with E-state index in [0.29, 0.717) is 0 Å². The zero-order chi connectivity index (χ0) is 4.99. The van der Waals surface area contributed by atoms with Crippen molar-refractivity contribution in [3.63, 3.8) is 0 Å². The van der Waals surface area contributed by atoms with E-state index in [-0.39, 0.29) is 0 Å². The maximum Gasteiger partial charge on any atom is 0.288 e. The van der Waals surface area contributed by atoms with Crippen molar-refractivity contribution < 1.29 is 8.85 Å². The van der Waals surface area contributed by atoms with E-state index in [4.69, 9.17) is 8.85 Å². The lowest BCUT2D eigenvalue weighted by Crippen LogP contribution is -2.18. The first-order valence-corrected chi connectivity index (χ1v) is 7.43. The summed E-state index contributed by atoms with van der Waals surface area (Å²) >= 11 is 0. The first kappa shape index (κ1) is 6.35. The van der Waals surface area contributed by atoms with Gasteiger partial charge in [0, 0.05) is 14.2 Å². The largest absolute Gasteiger partial charge is 0.403 e. The lowest BCUT2D eigenvalue weighted by Gasteiger charge is -2.00. The predicted molar refractivity (Wildman–Crippen MR) is 31.1 cm³/mol. The zero-order valence-corrected chi connectivity index (χ0v) is 7.55. The highest BCUT2D eigenvalue weighted by molar-refractivity contribution is 6.95. The molecule has 0 saturated heterocycles. The van der Waals surface area contributed by atoms with Crippen LogP contribution in [0.4, 0.5) is 0 Å². The van der Waals surface area contributed by atoms with Crippen LogP contribution in [0, 0.1) is 0 Å². The molecule has 0 aromatic carbocycles. The lowest BCUT2D eigenvalue weighted by atomic mass is 11.8. The lowest BCUT2D eigenvalue weighted by molar-refractivity contribution is 0.299. The molecule has 0 aromatic rings. The summed E-state index contributed by atoms with van der Waals surface area (Å²) in [6.45, 7) is 0. The minimum absolute atomic E-state index is 1.02. The third kappa shape index (κ3) is 2.58. The van der Waals surface area contributed by atoms with E-state index in [1.54, 1.807) is 14.2 Å². The van der Waals surface area contributed by atoms with E-state index in [9.17, 15) is 0 Å². The van der Waals surface area contributed by atoms with Gasteiger partial charge in [0.2, 0.25) is 0 Å². The van der Waals surface area contributed by atoms with Crippen LogP contribution in [0.15, 0.2) is 0 Å². The minimum Gasteiger partial charge on any atom is -0.403 e. The molecule has 0 aliphatic rings. The molecule has 4 heteroatoms. The van der Waals surface area contributed by atoms with E-state index in [1.807, 2.05) is 0 Å².